The van der Waals surface area contributed by atoms with E-state index in [1.165, 1.54) is 27.8 Å². The molecule has 0 spiro atoms. The molecule has 164 valence electrons. The first-order chi connectivity index (χ1) is 14.6. The van der Waals surface area contributed by atoms with E-state index in [0.29, 0.717) is 5.75 Å². The third-order valence-electron chi connectivity index (χ3n) is 5.73. The highest BCUT2D eigenvalue weighted by Gasteiger charge is 2.19. The van der Waals surface area contributed by atoms with Crippen LogP contribution in [0.2, 0.25) is 0 Å². The topological polar surface area (TPSA) is 46.5 Å². The van der Waals surface area contributed by atoms with E-state index in [2.05, 4.69) is 52.0 Å². The fraction of sp³-hybridized carbons (Fsp3) is 0.519. The number of hydrogen-bond donors (Lipinski definition) is 1. The molecule has 30 heavy (non-hydrogen) atoms. The average molecular weight is 411 g/mol. The molecule has 2 aromatic carbocycles. The van der Waals surface area contributed by atoms with Crippen LogP contribution in [-0.4, -0.2) is 11.3 Å². The van der Waals surface area contributed by atoms with Crippen molar-refractivity contribution in [3.05, 3.63) is 52.6 Å². The van der Waals surface area contributed by atoms with Gasteiger partial charge in [-0.15, -0.1) is 0 Å². The lowest BCUT2D eigenvalue weighted by Gasteiger charge is -2.21. The predicted molar refractivity (Wildman–Crippen MR) is 126 cm³/mol. The molecule has 2 rings (SSSR count). The number of aryl methyl sites for hydroxylation is 1. The Hall–Kier alpha value is -2.29. The van der Waals surface area contributed by atoms with Crippen molar-refractivity contribution in [1.82, 2.24) is 0 Å². The van der Waals surface area contributed by atoms with E-state index in [1.807, 2.05) is 6.07 Å². The van der Waals surface area contributed by atoms with Gasteiger partial charge in [-0.3, -0.25) is 0 Å². The van der Waals surface area contributed by atoms with E-state index in [4.69, 9.17) is 4.74 Å². The molecule has 0 aliphatic heterocycles. The van der Waals surface area contributed by atoms with Gasteiger partial charge in [-0.05, 0) is 78.0 Å². The molecule has 0 aliphatic rings. The molecule has 0 unspecified atom stereocenters. The Morgan fingerprint density at radius 2 is 1.37 bits per heavy atom. The van der Waals surface area contributed by atoms with Crippen molar-refractivity contribution in [2.24, 2.45) is 0 Å². The van der Waals surface area contributed by atoms with Gasteiger partial charge >= 0.3 is 6.16 Å². The van der Waals surface area contributed by atoms with Gasteiger partial charge in [0.25, 0.3) is 0 Å². The van der Waals surface area contributed by atoms with Gasteiger partial charge in [0.05, 0.1) is 0 Å². The van der Waals surface area contributed by atoms with Crippen LogP contribution in [0.15, 0.2) is 30.3 Å². The van der Waals surface area contributed by atoms with Crippen molar-refractivity contribution >= 4 is 6.16 Å². The summed E-state index contributed by atoms with van der Waals surface area (Å²) in [7, 11) is 0. The molecule has 3 heteroatoms. The quantitative estimate of drug-likeness (QED) is 0.285. The van der Waals surface area contributed by atoms with Gasteiger partial charge in [0.2, 0.25) is 0 Å². The van der Waals surface area contributed by atoms with Crippen molar-refractivity contribution < 1.29 is 14.6 Å². The third-order valence-corrected chi connectivity index (χ3v) is 5.73. The summed E-state index contributed by atoms with van der Waals surface area (Å²) in [5.74, 6) is 0.507. The Morgan fingerprint density at radius 1 is 0.733 bits per heavy atom. The Balaban J connectivity index is 2.72. The number of carbonyl (C=O) groups is 1. The number of unbranched alkanes of at least 4 members (excludes halogenated alkanes) is 2. The van der Waals surface area contributed by atoms with Crippen LogP contribution in [0.5, 0.6) is 5.75 Å². The number of hydrogen-bond acceptors (Lipinski definition) is 2. The smallest absolute Gasteiger partial charge is 0.449 e. The molecule has 2 aromatic rings. The first-order valence-corrected chi connectivity index (χ1v) is 11.7. The zero-order valence-electron chi connectivity index (χ0n) is 19.2. The van der Waals surface area contributed by atoms with E-state index < -0.39 is 6.16 Å². The second kappa shape index (κ2) is 12.4. The fourth-order valence-electron chi connectivity index (χ4n) is 4.32. The minimum atomic E-state index is -1.24. The Kier molecular flexibility index (Phi) is 9.93. The highest BCUT2D eigenvalue weighted by Crippen LogP contribution is 2.37. The SMILES string of the molecule is CCCCc1c(OC(=O)O)ccc(-c2cccc(CCC)c2CCC)c1CCCC. The summed E-state index contributed by atoms with van der Waals surface area (Å²) in [5.41, 5.74) is 7.82. The molecule has 0 aliphatic carbocycles. The molecule has 0 bridgehead atoms. The zero-order valence-corrected chi connectivity index (χ0v) is 19.2. The monoisotopic (exact) mass is 410 g/mol. The number of rotatable bonds is 12. The summed E-state index contributed by atoms with van der Waals surface area (Å²) in [6.07, 6.45) is 9.25. The minimum Gasteiger partial charge on any atom is -0.449 e. The standard InChI is InChI=1S/C27H38O3/c1-5-9-15-23-24(18-19-26(30-27(28)29)25(23)16-10-6-2)22-17-11-14-20(12-7-3)21(22)13-8-4/h11,14,17-19H,5-10,12-13,15-16H2,1-4H3,(H,28,29). The van der Waals surface area contributed by atoms with Crippen molar-refractivity contribution in [2.75, 3.05) is 0 Å². The predicted octanol–water partition coefficient (Wildman–Crippen LogP) is 8.00. The van der Waals surface area contributed by atoms with Crippen LogP contribution in [0.4, 0.5) is 4.79 Å². The highest BCUT2D eigenvalue weighted by molar-refractivity contribution is 5.75. The maximum Gasteiger partial charge on any atom is 0.511 e. The molecule has 0 heterocycles. The van der Waals surface area contributed by atoms with Gasteiger partial charge in [0.1, 0.15) is 5.75 Å². The fourth-order valence-corrected chi connectivity index (χ4v) is 4.32. The van der Waals surface area contributed by atoms with E-state index in [1.54, 1.807) is 0 Å². The molecule has 0 saturated carbocycles. The summed E-state index contributed by atoms with van der Waals surface area (Å²) in [4.78, 5) is 11.3. The normalized spacial score (nSPS) is 10.9. The summed E-state index contributed by atoms with van der Waals surface area (Å²) in [6, 6.07) is 10.6. The number of ether oxygens (including phenoxy) is 1. The van der Waals surface area contributed by atoms with Gasteiger partial charge in [-0.1, -0.05) is 77.6 Å². The molecule has 0 amide bonds. The van der Waals surface area contributed by atoms with Gasteiger partial charge in [0, 0.05) is 0 Å². The summed E-state index contributed by atoms with van der Waals surface area (Å²) in [5, 5.41) is 9.26. The zero-order chi connectivity index (χ0) is 21.9. The van der Waals surface area contributed by atoms with Crippen LogP contribution in [0.25, 0.3) is 11.1 Å². The Morgan fingerprint density at radius 3 is 1.97 bits per heavy atom. The van der Waals surface area contributed by atoms with E-state index in [9.17, 15) is 9.90 Å². The lowest BCUT2D eigenvalue weighted by atomic mass is 9.85. The van der Waals surface area contributed by atoms with Crippen molar-refractivity contribution in [1.29, 1.82) is 0 Å². The van der Waals surface area contributed by atoms with Crippen LogP contribution in [-0.2, 0) is 25.7 Å². The van der Waals surface area contributed by atoms with Crippen molar-refractivity contribution in [3.8, 4) is 16.9 Å². The summed E-state index contributed by atoms with van der Waals surface area (Å²) in [6.45, 7) is 8.84. The van der Waals surface area contributed by atoms with Crippen molar-refractivity contribution in [3.63, 3.8) is 0 Å². The van der Waals surface area contributed by atoms with E-state index in [0.717, 1.165) is 69.8 Å². The van der Waals surface area contributed by atoms with Gasteiger partial charge < -0.3 is 9.84 Å². The lowest BCUT2D eigenvalue weighted by molar-refractivity contribution is 0.144. The molecule has 0 saturated heterocycles. The number of carboxylic acid groups (broad SMARTS) is 1. The van der Waals surface area contributed by atoms with Crippen LogP contribution in [0.1, 0.15) is 88.5 Å². The first-order valence-electron chi connectivity index (χ1n) is 11.7. The first kappa shape index (κ1) is 24.0. The average Bonchev–Trinajstić information content (AvgIpc) is 2.72. The lowest BCUT2D eigenvalue weighted by Crippen LogP contribution is -2.09. The number of benzene rings is 2. The van der Waals surface area contributed by atoms with E-state index >= 15 is 0 Å². The maximum atomic E-state index is 11.3. The highest BCUT2D eigenvalue weighted by atomic mass is 16.7. The second-order valence-electron chi connectivity index (χ2n) is 8.09. The van der Waals surface area contributed by atoms with E-state index in [-0.39, 0.29) is 0 Å². The molecule has 0 aromatic heterocycles. The van der Waals surface area contributed by atoms with Crippen molar-refractivity contribution in [2.45, 2.75) is 91.9 Å². The molecular weight excluding hydrogens is 372 g/mol. The maximum absolute atomic E-state index is 11.3. The van der Waals surface area contributed by atoms with Gasteiger partial charge in [-0.25, -0.2) is 4.79 Å². The molecular formula is C27H38O3. The molecule has 3 nitrogen and oxygen atoms in total. The van der Waals surface area contributed by atoms with Crippen LogP contribution in [0, 0.1) is 0 Å². The van der Waals surface area contributed by atoms with Gasteiger partial charge in [-0.2, -0.15) is 0 Å². The van der Waals surface area contributed by atoms with Crippen LogP contribution >= 0.6 is 0 Å². The van der Waals surface area contributed by atoms with Crippen LogP contribution < -0.4 is 4.74 Å². The largest absolute Gasteiger partial charge is 0.511 e. The Bertz CT molecular complexity index is 823. The molecule has 0 atom stereocenters. The molecule has 1 N–H and O–H groups in total. The third kappa shape index (κ3) is 6.10. The Labute approximate surface area is 182 Å². The summed E-state index contributed by atoms with van der Waals surface area (Å²) >= 11 is 0. The summed E-state index contributed by atoms with van der Waals surface area (Å²) < 4.78 is 5.21. The van der Waals surface area contributed by atoms with Gasteiger partial charge in [0.15, 0.2) is 0 Å². The minimum absolute atomic E-state index is 0.507. The van der Waals surface area contributed by atoms with Crippen LogP contribution in [0.3, 0.4) is 0 Å². The molecule has 0 radical (unpaired) electrons. The molecule has 0 fully saturated rings. The second-order valence-corrected chi connectivity index (χ2v) is 8.09.